The Bertz CT molecular complexity index is 1470. The molecular weight excluding hydrogens is 615 g/mol. The molecule has 2 unspecified atom stereocenters. The molecule has 2 amide bonds. The predicted octanol–water partition coefficient (Wildman–Crippen LogP) is 3.29. The summed E-state index contributed by atoms with van der Waals surface area (Å²) in [6.07, 6.45) is 1.47. The van der Waals surface area contributed by atoms with Crippen LogP contribution in [0, 0.1) is 5.92 Å². The maximum absolute atomic E-state index is 14.2. The molecule has 0 radical (unpaired) electrons. The summed E-state index contributed by atoms with van der Waals surface area (Å²) in [6, 6.07) is 14.0. The molecule has 3 rings (SSSR count). The average molecular weight is 662 g/mol. The SMILES string of the molecule is COCCNCC(=O)NC(C)CCCC(=O)NCCC(O)(Cc1ccccc1)N(CC(C)C)S(=O)(=O)c1ccc2ncsc2c1. The number of nitrogens with one attached hydrogen (secondary N) is 3. The molecule has 1 aromatic heterocycles. The van der Waals surface area contributed by atoms with Crippen molar-refractivity contribution in [2.45, 2.75) is 69.5 Å². The molecule has 13 heteroatoms. The van der Waals surface area contributed by atoms with Gasteiger partial charge < -0.3 is 25.8 Å². The smallest absolute Gasteiger partial charge is 0.245 e. The number of fused-ring (bicyclic) bond motifs is 1. The van der Waals surface area contributed by atoms with Crippen LogP contribution in [0.2, 0.25) is 0 Å². The van der Waals surface area contributed by atoms with Crippen molar-refractivity contribution in [2.24, 2.45) is 5.92 Å². The van der Waals surface area contributed by atoms with Crippen molar-refractivity contribution in [3.63, 3.8) is 0 Å². The van der Waals surface area contributed by atoms with Crippen molar-refractivity contribution >= 4 is 43.4 Å². The number of sulfonamides is 1. The van der Waals surface area contributed by atoms with Crippen LogP contribution in [-0.2, 0) is 30.8 Å². The number of thiazole rings is 1. The van der Waals surface area contributed by atoms with Crippen LogP contribution in [0.4, 0.5) is 0 Å². The predicted molar refractivity (Wildman–Crippen MR) is 177 cm³/mol. The Hall–Kier alpha value is -2.94. The zero-order valence-electron chi connectivity index (χ0n) is 26.6. The first kappa shape index (κ1) is 36.5. The Kier molecular flexibility index (Phi) is 14.3. The van der Waals surface area contributed by atoms with Gasteiger partial charge in [0.1, 0.15) is 5.72 Å². The normalized spacial score (nSPS) is 14.0. The maximum atomic E-state index is 14.2. The van der Waals surface area contributed by atoms with Crippen LogP contribution < -0.4 is 16.0 Å². The van der Waals surface area contributed by atoms with E-state index in [-0.39, 0.29) is 67.6 Å². The zero-order chi connectivity index (χ0) is 32.9. The highest BCUT2D eigenvalue weighted by molar-refractivity contribution is 7.89. The number of carbonyl (C=O) groups is 2. The number of amides is 2. The molecule has 0 saturated heterocycles. The molecule has 11 nitrogen and oxygen atoms in total. The maximum Gasteiger partial charge on any atom is 0.245 e. The molecule has 2 atom stereocenters. The number of methoxy groups -OCH3 is 1. The lowest BCUT2D eigenvalue weighted by Crippen LogP contribution is -2.55. The van der Waals surface area contributed by atoms with E-state index in [1.165, 1.54) is 21.7 Å². The van der Waals surface area contributed by atoms with Gasteiger partial charge in [0.15, 0.2) is 0 Å². The highest BCUT2D eigenvalue weighted by atomic mass is 32.2. The average Bonchev–Trinajstić information content (AvgIpc) is 3.47. The van der Waals surface area contributed by atoms with Crippen molar-refractivity contribution in [2.75, 3.05) is 39.9 Å². The fourth-order valence-corrected chi connectivity index (χ4v) is 7.65. The molecule has 4 N–H and O–H groups in total. The number of carbonyl (C=O) groups excluding carboxylic acids is 2. The summed E-state index contributed by atoms with van der Waals surface area (Å²) in [5.41, 5.74) is 1.35. The molecule has 0 aliphatic rings. The van der Waals surface area contributed by atoms with Gasteiger partial charge in [-0.1, -0.05) is 44.2 Å². The van der Waals surface area contributed by atoms with Crippen molar-refractivity contribution in [3.05, 3.63) is 59.6 Å². The first-order valence-electron chi connectivity index (χ1n) is 15.3. The molecule has 45 heavy (non-hydrogen) atoms. The number of ether oxygens (including phenoxy) is 1. The first-order chi connectivity index (χ1) is 21.4. The number of benzene rings is 2. The van der Waals surface area contributed by atoms with Gasteiger partial charge >= 0.3 is 0 Å². The third-order valence-corrected chi connectivity index (χ3v) is 9.99. The molecule has 1 heterocycles. The van der Waals surface area contributed by atoms with E-state index < -0.39 is 15.7 Å². The van der Waals surface area contributed by atoms with Crippen LogP contribution in [0.3, 0.4) is 0 Å². The van der Waals surface area contributed by atoms with E-state index in [9.17, 15) is 23.1 Å². The van der Waals surface area contributed by atoms with Crippen LogP contribution in [0.25, 0.3) is 10.2 Å². The molecular formula is C32H47N5O6S2. The van der Waals surface area contributed by atoms with Crippen LogP contribution >= 0.6 is 11.3 Å². The number of nitrogens with zero attached hydrogens (tertiary/aromatic N) is 2. The van der Waals surface area contributed by atoms with Gasteiger partial charge in [-0.25, -0.2) is 13.4 Å². The van der Waals surface area contributed by atoms with E-state index in [1.807, 2.05) is 51.1 Å². The summed E-state index contributed by atoms with van der Waals surface area (Å²) >= 11 is 1.35. The highest BCUT2D eigenvalue weighted by Gasteiger charge is 2.43. The minimum absolute atomic E-state index is 0.00901. The van der Waals surface area contributed by atoms with Gasteiger partial charge in [-0.3, -0.25) is 9.59 Å². The Morgan fingerprint density at radius 1 is 1.09 bits per heavy atom. The summed E-state index contributed by atoms with van der Waals surface area (Å²) < 4.78 is 35.2. The van der Waals surface area contributed by atoms with Gasteiger partial charge in [0.05, 0.1) is 33.8 Å². The molecule has 0 aliphatic heterocycles. The summed E-state index contributed by atoms with van der Waals surface area (Å²) in [5, 5.41) is 21.0. The lowest BCUT2D eigenvalue weighted by Gasteiger charge is -2.40. The van der Waals surface area contributed by atoms with E-state index in [0.29, 0.717) is 31.5 Å². The number of rotatable bonds is 20. The number of hydrogen-bond donors (Lipinski definition) is 4. The Balaban J connectivity index is 1.66. The largest absolute Gasteiger partial charge is 0.383 e. The van der Waals surface area contributed by atoms with Crippen molar-refractivity contribution in [3.8, 4) is 0 Å². The molecule has 3 aromatic rings. The summed E-state index contributed by atoms with van der Waals surface area (Å²) in [6.45, 7) is 7.18. The fraction of sp³-hybridized carbons (Fsp3) is 0.531. The lowest BCUT2D eigenvalue weighted by atomic mass is 9.98. The molecule has 0 aliphatic carbocycles. The molecule has 248 valence electrons. The third-order valence-electron chi connectivity index (χ3n) is 7.28. The molecule has 0 fully saturated rings. The van der Waals surface area contributed by atoms with Crippen molar-refractivity contribution < 1.29 is 27.9 Å². The second kappa shape index (κ2) is 17.7. The standard InChI is InChI=1S/C32H47N5O6S2/c1-24(2)22-37(45(41,42)27-13-14-28-29(19-27)44-23-35-28)32(40,20-26-10-6-5-7-11-26)15-16-34-30(38)12-8-9-25(3)36-31(39)21-33-17-18-43-4/h5-7,10-11,13-14,19,23-25,33,40H,8-9,12,15-18,20-22H2,1-4H3,(H,34,38)(H,36,39). The minimum atomic E-state index is -4.13. The second-order valence-electron chi connectivity index (χ2n) is 11.7. The molecule has 0 saturated carbocycles. The van der Waals surface area contributed by atoms with E-state index in [0.717, 1.165) is 10.3 Å². The van der Waals surface area contributed by atoms with Gasteiger partial charge in [-0.15, -0.1) is 11.3 Å². The summed E-state index contributed by atoms with van der Waals surface area (Å²) in [4.78, 5) is 29.1. The van der Waals surface area contributed by atoms with Crippen molar-refractivity contribution in [1.82, 2.24) is 25.2 Å². The van der Waals surface area contributed by atoms with Gasteiger partial charge in [0, 0.05) is 52.0 Å². The zero-order valence-corrected chi connectivity index (χ0v) is 28.3. The van der Waals surface area contributed by atoms with Gasteiger partial charge in [0.2, 0.25) is 21.8 Å². The minimum Gasteiger partial charge on any atom is -0.383 e. The molecule has 2 aromatic carbocycles. The van der Waals surface area contributed by atoms with E-state index in [1.54, 1.807) is 24.8 Å². The summed E-state index contributed by atoms with van der Waals surface area (Å²) in [5.74, 6) is -0.396. The van der Waals surface area contributed by atoms with Gasteiger partial charge in [0.25, 0.3) is 0 Å². The quantitative estimate of drug-likeness (QED) is 0.107. The number of aromatic nitrogens is 1. The van der Waals surface area contributed by atoms with Crippen LogP contribution in [0.5, 0.6) is 0 Å². The van der Waals surface area contributed by atoms with E-state index >= 15 is 0 Å². The van der Waals surface area contributed by atoms with Crippen LogP contribution in [0.15, 0.2) is 58.9 Å². The van der Waals surface area contributed by atoms with Gasteiger partial charge in [-0.05, 0) is 49.4 Å². The molecule has 0 bridgehead atoms. The van der Waals surface area contributed by atoms with Crippen LogP contribution in [-0.4, -0.2) is 86.3 Å². The monoisotopic (exact) mass is 661 g/mol. The number of aliphatic hydroxyl groups is 1. The highest BCUT2D eigenvalue weighted by Crippen LogP contribution is 2.32. The third kappa shape index (κ3) is 11.4. The first-order valence-corrected chi connectivity index (χ1v) is 17.6. The fourth-order valence-electron chi connectivity index (χ4n) is 5.00. The Labute approximate surface area is 270 Å². The van der Waals surface area contributed by atoms with Crippen molar-refractivity contribution in [1.29, 1.82) is 0 Å². The van der Waals surface area contributed by atoms with Gasteiger partial charge in [-0.2, -0.15) is 4.31 Å². The van der Waals surface area contributed by atoms with E-state index in [4.69, 9.17) is 4.74 Å². The summed E-state index contributed by atoms with van der Waals surface area (Å²) in [7, 11) is -2.53. The molecule has 0 spiro atoms. The number of hydrogen-bond acceptors (Lipinski definition) is 9. The second-order valence-corrected chi connectivity index (χ2v) is 14.4. The Morgan fingerprint density at radius 2 is 1.84 bits per heavy atom. The topological polar surface area (TPSA) is 150 Å². The van der Waals surface area contributed by atoms with Crippen LogP contribution in [0.1, 0.15) is 52.0 Å². The lowest BCUT2D eigenvalue weighted by molar-refractivity contribution is -0.122. The Morgan fingerprint density at radius 3 is 2.56 bits per heavy atom. The van der Waals surface area contributed by atoms with E-state index in [2.05, 4.69) is 20.9 Å².